The average molecular weight is 566 g/mol. The highest BCUT2D eigenvalue weighted by Gasteiger charge is 2.26. The number of thioether (sulfide) groups is 1. The van der Waals surface area contributed by atoms with Crippen molar-refractivity contribution in [2.24, 2.45) is 0 Å². The van der Waals surface area contributed by atoms with Crippen LogP contribution < -0.4 is 5.32 Å². The molecule has 0 bridgehead atoms. The van der Waals surface area contributed by atoms with E-state index in [-0.39, 0.29) is 11.7 Å². The smallest absolute Gasteiger partial charge is 0.341 e. The molecule has 1 aliphatic rings. The van der Waals surface area contributed by atoms with Crippen molar-refractivity contribution in [3.63, 3.8) is 0 Å². The van der Waals surface area contributed by atoms with Crippen LogP contribution in [0.3, 0.4) is 0 Å². The Morgan fingerprint density at radius 1 is 1.22 bits per heavy atom. The molecular weight excluding hydrogens is 539 g/mol. The Morgan fingerprint density at radius 3 is 2.72 bits per heavy atom. The first-order valence-electron chi connectivity index (χ1n) is 11.6. The van der Waals surface area contributed by atoms with Crippen LogP contribution in [-0.4, -0.2) is 39.5 Å². The number of halogens is 2. The van der Waals surface area contributed by atoms with Gasteiger partial charge in [0.05, 0.1) is 23.4 Å². The number of fused-ring (bicyclic) bond motifs is 1. The molecule has 0 radical (unpaired) electrons. The van der Waals surface area contributed by atoms with E-state index in [1.165, 1.54) is 36.6 Å². The highest BCUT2D eigenvalue weighted by molar-refractivity contribution is 7.99. The fraction of sp³-hybridized carbons (Fsp3) is 0.360. The number of allylic oxidation sites excluding steroid dienone is 1. The topological polar surface area (TPSA) is 86.1 Å². The zero-order chi connectivity index (χ0) is 25.7. The average Bonchev–Trinajstić information content (AvgIpc) is 3.38. The number of aryl methyl sites for hydroxylation is 1. The second-order valence-corrected chi connectivity index (χ2v) is 11.2. The molecule has 0 atom stereocenters. The second kappa shape index (κ2) is 12.3. The summed E-state index contributed by atoms with van der Waals surface area (Å²) >= 11 is 15.1. The lowest BCUT2D eigenvalue weighted by atomic mass is 9.96. The van der Waals surface area contributed by atoms with Crippen LogP contribution in [0.1, 0.15) is 46.5 Å². The van der Waals surface area contributed by atoms with Gasteiger partial charge in [0.25, 0.3) is 0 Å². The number of amides is 1. The molecular formula is C25H26Cl2N4O3S2. The van der Waals surface area contributed by atoms with Gasteiger partial charge in [-0.3, -0.25) is 9.36 Å². The Morgan fingerprint density at radius 2 is 2.00 bits per heavy atom. The van der Waals surface area contributed by atoms with Crippen LogP contribution in [0.5, 0.6) is 0 Å². The lowest BCUT2D eigenvalue weighted by molar-refractivity contribution is -0.113. The maximum Gasteiger partial charge on any atom is 0.341 e. The summed E-state index contributed by atoms with van der Waals surface area (Å²) in [5.74, 6) is 0.00245. The van der Waals surface area contributed by atoms with Crippen LogP contribution in [0.2, 0.25) is 10.0 Å². The van der Waals surface area contributed by atoms with Crippen LogP contribution in [-0.2, 0) is 28.9 Å². The van der Waals surface area contributed by atoms with Gasteiger partial charge in [0.1, 0.15) is 5.00 Å². The lowest BCUT2D eigenvalue weighted by Gasteiger charge is -2.11. The molecule has 4 rings (SSSR count). The third-order valence-electron chi connectivity index (χ3n) is 5.85. The van der Waals surface area contributed by atoms with Crippen molar-refractivity contribution in [2.45, 2.75) is 50.2 Å². The number of aromatic nitrogens is 3. The minimum Gasteiger partial charge on any atom is -0.465 e. The normalized spacial score (nSPS) is 13.4. The predicted molar refractivity (Wildman–Crippen MR) is 147 cm³/mol. The van der Waals surface area contributed by atoms with E-state index in [2.05, 4.69) is 22.1 Å². The minimum atomic E-state index is -0.411. The van der Waals surface area contributed by atoms with Crippen molar-refractivity contribution in [2.75, 3.05) is 18.2 Å². The van der Waals surface area contributed by atoms with E-state index >= 15 is 0 Å². The fourth-order valence-corrected chi connectivity index (χ4v) is 6.71. The number of carbonyl (C=O) groups is 2. The van der Waals surface area contributed by atoms with Crippen LogP contribution in [0.25, 0.3) is 11.4 Å². The number of benzene rings is 1. The van der Waals surface area contributed by atoms with Crippen molar-refractivity contribution in [3.05, 3.63) is 56.9 Å². The summed E-state index contributed by atoms with van der Waals surface area (Å²) in [5, 5.41) is 13.6. The van der Waals surface area contributed by atoms with E-state index in [1.54, 1.807) is 24.3 Å². The van der Waals surface area contributed by atoms with Crippen molar-refractivity contribution in [1.29, 1.82) is 0 Å². The number of ether oxygens (including phenoxy) is 1. The Kier molecular flexibility index (Phi) is 9.11. The third kappa shape index (κ3) is 5.96. The quantitative estimate of drug-likeness (QED) is 0.186. The Bertz CT molecular complexity index is 1290. The van der Waals surface area contributed by atoms with Gasteiger partial charge in [-0.25, -0.2) is 4.79 Å². The van der Waals surface area contributed by atoms with Crippen LogP contribution in [0.4, 0.5) is 5.00 Å². The first kappa shape index (κ1) is 26.7. The minimum absolute atomic E-state index is 0.0901. The zero-order valence-electron chi connectivity index (χ0n) is 19.8. The molecule has 1 aliphatic carbocycles. The van der Waals surface area contributed by atoms with Gasteiger partial charge in [0, 0.05) is 22.0 Å². The molecule has 1 N–H and O–H groups in total. The number of nitrogens with zero attached hydrogens (tertiary/aromatic N) is 3. The maximum absolute atomic E-state index is 12.9. The summed E-state index contributed by atoms with van der Waals surface area (Å²) in [6.45, 7) is 4.26. The van der Waals surface area contributed by atoms with Crippen molar-refractivity contribution < 1.29 is 14.3 Å². The number of rotatable bonds is 8. The van der Waals surface area contributed by atoms with Crippen LogP contribution >= 0.6 is 46.3 Å². The molecule has 0 unspecified atom stereocenters. The monoisotopic (exact) mass is 564 g/mol. The molecule has 0 fully saturated rings. The molecule has 0 saturated heterocycles. The van der Waals surface area contributed by atoms with E-state index in [0.717, 1.165) is 42.5 Å². The highest BCUT2D eigenvalue weighted by atomic mass is 35.5. The van der Waals surface area contributed by atoms with E-state index in [1.807, 2.05) is 4.57 Å². The predicted octanol–water partition coefficient (Wildman–Crippen LogP) is 6.68. The van der Waals surface area contributed by atoms with Gasteiger partial charge >= 0.3 is 5.97 Å². The summed E-state index contributed by atoms with van der Waals surface area (Å²) in [5.41, 5.74) is 2.20. The molecule has 2 aromatic heterocycles. The summed E-state index contributed by atoms with van der Waals surface area (Å²) in [6, 6.07) is 5.17. The molecule has 7 nitrogen and oxygen atoms in total. The second-order valence-electron chi connectivity index (χ2n) is 8.28. The van der Waals surface area contributed by atoms with Crippen molar-refractivity contribution in [1.82, 2.24) is 14.8 Å². The number of nitrogens with one attached hydrogen (secondary N) is 1. The summed E-state index contributed by atoms with van der Waals surface area (Å²) < 4.78 is 6.89. The molecule has 190 valence electrons. The Labute approximate surface area is 228 Å². The summed E-state index contributed by atoms with van der Waals surface area (Å²) in [4.78, 5) is 26.7. The van der Waals surface area contributed by atoms with E-state index in [4.69, 9.17) is 27.9 Å². The van der Waals surface area contributed by atoms with Gasteiger partial charge in [-0.1, -0.05) is 53.9 Å². The Hall–Kier alpha value is -2.33. The zero-order valence-corrected chi connectivity index (χ0v) is 23.0. The fourth-order valence-electron chi connectivity index (χ4n) is 4.18. The van der Waals surface area contributed by atoms with E-state index in [9.17, 15) is 9.59 Å². The number of hydrogen-bond donors (Lipinski definition) is 1. The van der Waals surface area contributed by atoms with Crippen molar-refractivity contribution >= 4 is 63.2 Å². The molecule has 11 heteroatoms. The number of anilines is 1. The maximum atomic E-state index is 12.9. The molecule has 2 heterocycles. The Balaban J connectivity index is 1.53. The largest absolute Gasteiger partial charge is 0.465 e. The first-order chi connectivity index (χ1) is 17.4. The van der Waals surface area contributed by atoms with Gasteiger partial charge < -0.3 is 10.1 Å². The lowest BCUT2D eigenvalue weighted by Crippen LogP contribution is -2.17. The molecule has 0 spiro atoms. The third-order valence-corrected chi connectivity index (χ3v) is 8.57. The molecule has 1 aromatic carbocycles. The molecule has 0 saturated carbocycles. The number of thiophene rings is 1. The van der Waals surface area contributed by atoms with Crippen LogP contribution in [0, 0.1) is 0 Å². The van der Waals surface area contributed by atoms with Gasteiger partial charge in [0.2, 0.25) is 5.91 Å². The van der Waals surface area contributed by atoms with E-state index < -0.39 is 5.97 Å². The molecule has 1 amide bonds. The SMILES string of the molecule is C=CCn1c(SCC(=O)Nc2sc3c(c2C(=O)OC)CCCCCC3)nnc1-c1ccc(Cl)cc1Cl. The molecule has 36 heavy (non-hydrogen) atoms. The van der Waals surface area contributed by atoms with Gasteiger partial charge in [-0.05, 0) is 49.4 Å². The van der Waals surface area contributed by atoms with Gasteiger partial charge in [0.15, 0.2) is 11.0 Å². The highest BCUT2D eigenvalue weighted by Crippen LogP contribution is 2.38. The molecule has 3 aromatic rings. The van der Waals surface area contributed by atoms with Gasteiger partial charge in [-0.15, -0.1) is 28.1 Å². The van der Waals surface area contributed by atoms with Gasteiger partial charge in [-0.2, -0.15) is 0 Å². The first-order valence-corrected chi connectivity index (χ1v) is 14.1. The van der Waals surface area contributed by atoms with Crippen LogP contribution in [0.15, 0.2) is 36.0 Å². The number of hydrogen-bond acceptors (Lipinski definition) is 7. The number of methoxy groups -OCH3 is 1. The van der Waals surface area contributed by atoms with E-state index in [0.29, 0.717) is 43.7 Å². The summed E-state index contributed by atoms with van der Waals surface area (Å²) in [7, 11) is 1.37. The van der Waals surface area contributed by atoms with Crippen molar-refractivity contribution in [3.8, 4) is 11.4 Å². The number of esters is 1. The standard InChI is InChI=1S/C25H26Cl2N4O3S2/c1-3-12-31-22(16-11-10-15(26)13-18(16)27)29-30-25(31)35-14-20(32)28-23-21(24(33)34-2)17-8-6-4-5-7-9-19(17)36-23/h3,10-11,13H,1,4-9,12,14H2,2H3,(H,28,32). The molecule has 0 aliphatic heterocycles. The number of carbonyl (C=O) groups excluding carboxylic acids is 2. The summed E-state index contributed by atoms with van der Waals surface area (Å²) in [6.07, 6.45) is 7.88.